The van der Waals surface area contributed by atoms with E-state index in [4.69, 9.17) is 14.5 Å². The van der Waals surface area contributed by atoms with E-state index >= 15 is 0 Å². The number of hydrogen-bond acceptors (Lipinski definition) is 5. The van der Waals surface area contributed by atoms with E-state index in [0.29, 0.717) is 13.2 Å². The van der Waals surface area contributed by atoms with Gasteiger partial charge in [0.2, 0.25) is 0 Å². The Hall–Kier alpha value is -1.86. The number of carbonyl (C=O) groups excluding carboxylic acids is 1. The van der Waals surface area contributed by atoms with Crippen molar-refractivity contribution >= 4 is 32.7 Å². The second kappa shape index (κ2) is 5.10. The molecule has 0 spiro atoms. The van der Waals surface area contributed by atoms with E-state index in [-0.39, 0.29) is 18.1 Å². The topological polar surface area (TPSA) is 63.7 Å². The highest BCUT2D eigenvalue weighted by Gasteiger charge is 2.39. The Morgan fingerprint density at radius 2 is 2.41 bits per heavy atom. The third-order valence-corrected chi connectivity index (χ3v) is 5.26. The molecule has 1 aromatic carbocycles. The lowest BCUT2D eigenvalue weighted by Gasteiger charge is -2.21. The highest BCUT2D eigenvalue weighted by molar-refractivity contribution is 7.22. The first kappa shape index (κ1) is 13.8. The van der Waals surface area contributed by atoms with Gasteiger partial charge in [0.1, 0.15) is 5.75 Å². The molecule has 1 fully saturated rings. The molecular weight excluding hydrogens is 302 g/mol. The van der Waals surface area contributed by atoms with Gasteiger partial charge in [-0.05, 0) is 19.1 Å². The van der Waals surface area contributed by atoms with Crippen LogP contribution in [-0.2, 0) is 11.2 Å². The van der Waals surface area contributed by atoms with Crippen LogP contribution in [-0.4, -0.2) is 43.4 Å². The average molecular weight is 319 g/mol. The summed E-state index contributed by atoms with van der Waals surface area (Å²) in [4.78, 5) is 18.7. The fourth-order valence-corrected chi connectivity index (χ4v) is 4.17. The second-order valence-electron chi connectivity index (χ2n) is 5.61. The molecule has 7 heteroatoms. The molecule has 0 bridgehead atoms. The van der Waals surface area contributed by atoms with Crippen LogP contribution in [0, 0.1) is 0 Å². The zero-order valence-corrected chi connectivity index (χ0v) is 13.3. The molecule has 2 amide bonds. The number of thiazole rings is 1. The van der Waals surface area contributed by atoms with Crippen molar-refractivity contribution in [2.75, 3.05) is 25.2 Å². The molecule has 6 nitrogen and oxygen atoms in total. The standard InChI is InChI=1S/C15H17N3O3S/c1-8-10(7-20-2)18(14(19)16-8)15-17-13-9-5-6-21-11(9)3-4-12(13)22-15/h3-4,8,10H,5-7H2,1-2H3,(H,16,19)/t8-,10+/m0/s1. The van der Waals surface area contributed by atoms with E-state index in [0.717, 1.165) is 33.1 Å². The lowest BCUT2D eigenvalue weighted by Crippen LogP contribution is -2.39. The number of amides is 2. The maximum atomic E-state index is 12.3. The number of carbonyl (C=O) groups is 1. The number of urea groups is 1. The Balaban J connectivity index is 1.79. The first-order chi connectivity index (χ1) is 10.7. The van der Waals surface area contributed by atoms with Crippen molar-refractivity contribution in [3.8, 4) is 5.75 Å². The Labute approximate surface area is 132 Å². The molecule has 2 atom stereocenters. The number of methoxy groups -OCH3 is 1. The molecular formula is C15H17N3O3S. The van der Waals surface area contributed by atoms with Crippen LogP contribution in [0.25, 0.3) is 10.2 Å². The number of aromatic nitrogens is 1. The van der Waals surface area contributed by atoms with Crippen LogP contribution in [0.3, 0.4) is 0 Å². The highest BCUT2D eigenvalue weighted by atomic mass is 32.1. The van der Waals surface area contributed by atoms with Gasteiger partial charge in [0.05, 0.1) is 35.5 Å². The van der Waals surface area contributed by atoms with Crippen LogP contribution >= 0.6 is 11.3 Å². The fourth-order valence-electron chi connectivity index (χ4n) is 3.11. The van der Waals surface area contributed by atoms with Crippen LogP contribution in [0.1, 0.15) is 12.5 Å². The van der Waals surface area contributed by atoms with E-state index in [1.54, 1.807) is 12.0 Å². The number of fused-ring (bicyclic) bond motifs is 3. The maximum Gasteiger partial charge on any atom is 0.324 e. The Bertz CT molecular complexity index is 745. The van der Waals surface area contributed by atoms with Gasteiger partial charge in [-0.25, -0.2) is 9.78 Å². The molecule has 1 N–H and O–H groups in total. The number of nitrogens with zero attached hydrogens (tertiary/aromatic N) is 2. The van der Waals surface area contributed by atoms with E-state index < -0.39 is 0 Å². The van der Waals surface area contributed by atoms with Crippen LogP contribution in [0.15, 0.2) is 12.1 Å². The summed E-state index contributed by atoms with van der Waals surface area (Å²) < 4.78 is 11.9. The first-order valence-corrected chi connectivity index (χ1v) is 8.14. The molecule has 3 heterocycles. The van der Waals surface area contributed by atoms with Crippen LogP contribution in [0.2, 0.25) is 0 Å². The second-order valence-corrected chi connectivity index (χ2v) is 6.62. The van der Waals surface area contributed by atoms with Crippen LogP contribution in [0.5, 0.6) is 5.75 Å². The summed E-state index contributed by atoms with van der Waals surface area (Å²) in [6.07, 6.45) is 0.875. The number of anilines is 1. The van der Waals surface area contributed by atoms with Gasteiger partial charge in [-0.15, -0.1) is 0 Å². The average Bonchev–Trinajstić information content (AvgIpc) is 3.16. The molecule has 22 heavy (non-hydrogen) atoms. The number of rotatable bonds is 3. The van der Waals surface area contributed by atoms with Crippen molar-refractivity contribution in [1.82, 2.24) is 10.3 Å². The molecule has 0 unspecified atom stereocenters. The molecule has 2 aliphatic rings. The van der Waals surface area contributed by atoms with Gasteiger partial charge in [-0.2, -0.15) is 0 Å². The predicted molar refractivity (Wildman–Crippen MR) is 85.0 cm³/mol. The minimum Gasteiger partial charge on any atom is -0.493 e. The van der Waals surface area contributed by atoms with E-state index in [2.05, 4.69) is 5.32 Å². The summed E-state index contributed by atoms with van der Waals surface area (Å²) in [5, 5.41) is 3.67. The highest BCUT2D eigenvalue weighted by Crippen LogP contribution is 2.38. The summed E-state index contributed by atoms with van der Waals surface area (Å²) in [6, 6.07) is 3.90. The van der Waals surface area contributed by atoms with Gasteiger partial charge < -0.3 is 14.8 Å². The first-order valence-electron chi connectivity index (χ1n) is 7.33. The van der Waals surface area contributed by atoms with Gasteiger partial charge in [-0.3, -0.25) is 4.90 Å². The monoisotopic (exact) mass is 319 g/mol. The molecule has 1 saturated heterocycles. The smallest absolute Gasteiger partial charge is 0.324 e. The molecule has 2 aromatic rings. The van der Waals surface area contributed by atoms with Gasteiger partial charge in [0.15, 0.2) is 5.13 Å². The van der Waals surface area contributed by atoms with Crippen molar-refractivity contribution in [3.63, 3.8) is 0 Å². The number of nitrogens with one attached hydrogen (secondary N) is 1. The van der Waals surface area contributed by atoms with E-state index in [1.807, 2.05) is 19.1 Å². The lowest BCUT2D eigenvalue weighted by molar-refractivity contribution is 0.175. The summed E-state index contributed by atoms with van der Waals surface area (Å²) in [7, 11) is 1.65. The minimum absolute atomic E-state index is 0.0357. The molecule has 0 radical (unpaired) electrons. The van der Waals surface area contributed by atoms with Crippen LogP contribution in [0.4, 0.5) is 9.93 Å². The SMILES string of the molecule is COC[C@@H]1[C@H](C)NC(=O)N1c1nc2c3c(ccc2s1)OCC3. The van der Waals surface area contributed by atoms with Gasteiger partial charge in [0.25, 0.3) is 0 Å². The van der Waals surface area contributed by atoms with E-state index in [1.165, 1.54) is 11.3 Å². The fraction of sp³-hybridized carbons (Fsp3) is 0.467. The zero-order chi connectivity index (χ0) is 15.3. The minimum atomic E-state index is -0.110. The van der Waals surface area contributed by atoms with Crippen molar-refractivity contribution in [1.29, 1.82) is 0 Å². The largest absolute Gasteiger partial charge is 0.493 e. The van der Waals surface area contributed by atoms with E-state index in [9.17, 15) is 4.79 Å². The third-order valence-electron chi connectivity index (χ3n) is 4.24. The maximum absolute atomic E-state index is 12.3. The molecule has 0 aliphatic carbocycles. The summed E-state index contributed by atoms with van der Waals surface area (Å²) in [5.74, 6) is 0.914. The summed E-state index contributed by atoms with van der Waals surface area (Å²) in [5.41, 5.74) is 2.11. The lowest BCUT2D eigenvalue weighted by atomic mass is 10.1. The Morgan fingerprint density at radius 3 is 3.23 bits per heavy atom. The summed E-state index contributed by atoms with van der Waals surface area (Å²) in [6.45, 7) is 3.17. The van der Waals surface area contributed by atoms with Gasteiger partial charge in [-0.1, -0.05) is 11.3 Å². The van der Waals surface area contributed by atoms with Crippen molar-refractivity contribution in [3.05, 3.63) is 17.7 Å². The normalized spacial score (nSPS) is 23.7. The van der Waals surface area contributed by atoms with Crippen molar-refractivity contribution < 1.29 is 14.3 Å². The molecule has 2 aliphatic heterocycles. The van der Waals surface area contributed by atoms with Gasteiger partial charge in [0, 0.05) is 19.1 Å². The van der Waals surface area contributed by atoms with Gasteiger partial charge >= 0.3 is 6.03 Å². The number of hydrogen-bond donors (Lipinski definition) is 1. The third kappa shape index (κ3) is 1.96. The Morgan fingerprint density at radius 1 is 1.55 bits per heavy atom. The molecule has 1 aromatic heterocycles. The molecule has 0 saturated carbocycles. The predicted octanol–water partition coefficient (Wildman–Crippen LogP) is 2.16. The number of benzene rings is 1. The van der Waals surface area contributed by atoms with Crippen LogP contribution < -0.4 is 15.0 Å². The van der Waals surface area contributed by atoms with Crippen molar-refractivity contribution in [2.45, 2.75) is 25.4 Å². The number of ether oxygens (including phenoxy) is 2. The quantitative estimate of drug-likeness (QED) is 0.942. The van der Waals surface area contributed by atoms with Crippen molar-refractivity contribution in [2.24, 2.45) is 0 Å². The molecule has 4 rings (SSSR count). The zero-order valence-electron chi connectivity index (χ0n) is 12.5. The summed E-state index contributed by atoms with van der Waals surface area (Å²) >= 11 is 1.54. The molecule has 116 valence electrons. The Kier molecular flexibility index (Phi) is 3.19.